The van der Waals surface area contributed by atoms with Crippen LogP contribution in [0.5, 0.6) is 0 Å². The van der Waals surface area contributed by atoms with Gasteiger partial charge >= 0.3 is 11.9 Å². The molecule has 3 N–H and O–H groups in total. The van der Waals surface area contributed by atoms with E-state index < -0.39 is 53.5 Å². The first-order valence-electron chi connectivity index (χ1n) is 20.2. The minimum absolute atomic E-state index is 0.0180. The number of aliphatic hydroxyl groups is 3. The van der Waals surface area contributed by atoms with E-state index in [0.717, 1.165) is 37.7 Å². The Labute approximate surface area is 317 Å². The fraction of sp³-hybridized carbons (Fsp3) is 0.733. The summed E-state index contributed by atoms with van der Waals surface area (Å²) in [5, 5.41) is 36.5. The van der Waals surface area contributed by atoms with Crippen LogP contribution in [0.4, 0.5) is 0 Å². The van der Waals surface area contributed by atoms with Gasteiger partial charge in [0.15, 0.2) is 12.4 Å². The highest BCUT2D eigenvalue weighted by atomic mass is 16.6. The summed E-state index contributed by atoms with van der Waals surface area (Å²) in [6.07, 6.45) is 5.84. The summed E-state index contributed by atoms with van der Waals surface area (Å²) >= 11 is 0. The predicted molar refractivity (Wildman–Crippen MR) is 205 cm³/mol. The summed E-state index contributed by atoms with van der Waals surface area (Å²) in [4.78, 5) is 27.1. The van der Waals surface area contributed by atoms with Gasteiger partial charge in [-0.15, -0.1) is 0 Å². The second kappa shape index (κ2) is 13.9. The number of aliphatic hydroxyl groups excluding tert-OH is 3. The number of rotatable bonds is 8. The molecule has 1 aliphatic heterocycles. The van der Waals surface area contributed by atoms with Crippen molar-refractivity contribution < 1.29 is 39.1 Å². The highest BCUT2D eigenvalue weighted by Gasteiger charge is 2.80. The van der Waals surface area contributed by atoms with Crippen molar-refractivity contribution in [1.29, 1.82) is 0 Å². The highest BCUT2D eigenvalue weighted by Crippen LogP contribution is 2.76. The first kappa shape index (κ1) is 40.2. The van der Waals surface area contributed by atoms with Crippen LogP contribution in [0.1, 0.15) is 126 Å². The zero-order chi connectivity index (χ0) is 38.9. The fourth-order valence-corrected chi connectivity index (χ4v) is 13.0. The molecule has 4 saturated carbocycles. The summed E-state index contributed by atoms with van der Waals surface area (Å²) in [6, 6.07) is 9.44. The lowest BCUT2D eigenvalue weighted by Gasteiger charge is -2.70. The van der Waals surface area contributed by atoms with E-state index in [0.29, 0.717) is 36.7 Å². The zero-order valence-electron chi connectivity index (χ0n) is 33.9. The molecule has 1 aromatic rings. The topological polar surface area (TPSA) is 123 Å². The van der Waals surface area contributed by atoms with Crippen molar-refractivity contribution in [1.82, 2.24) is 0 Å². The number of hydrogen-bond acceptors (Lipinski definition) is 8. The van der Waals surface area contributed by atoms with E-state index >= 15 is 0 Å². The molecular formula is C45H66O8. The van der Waals surface area contributed by atoms with Crippen molar-refractivity contribution in [2.24, 2.45) is 50.7 Å². The summed E-state index contributed by atoms with van der Waals surface area (Å²) < 4.78 is 19.5. The molecular weight excluding hydrogens is 668 g/mol. The minimum atomic E-state index is -1.47. The Morgan fingerprint density at radius 2 is 1.53 bits per heavy atom. The number of fused-ring (bicyclic) bond motifs is 5. The summed E-state index contributed by atoms with van der Waals surface area (Å²) in [5.41, 5.74) is -1.64. The van der Waals surface area contributed by atoms with Gasteiger partial charge in [-0.1, -0.05) is 84.9 Å². The lowest BCUT2D eigenvalue weighted by molar-refractivity contribution is -0.263. The van der Waals surface area contributed by atoms with Crippen molar-refractivity contribution in [3.8, 4) is 0 Å². The van der Waals surface area contributed by atoms with E-state index in [4.69, 9.17) is 14.2 Å². The Bertz CT molecular complexity index is 1590. The maximum Gasteiger partial charge on any atom is 0.333 e. The Morgan fingerprint density at radius 1 is 0.906 bits per heavy atom. The van der Waals surface area contributed by atoms with Crippen molar-refractivity contribution in [3.05, 3.63) is 53.6 Å². The summed E-state index contributed by atoms with van der Waals surface area (Å²) in [7, 11) is 0. The normalized spacial score (nSPS) is 41.8. The number of carbonyl (C=O) groups excluding carboxylic acids is 2. The van der Waals surface area contributed by atoms with Crippen molar-refractivity contribution in [2.45, 2.75) is 157 Å². The van der Waals surface area contributed by atoms with E-state index in [1.165, 1.54) is 6.08 Å². The average Bonchev–Trinajstić information content (AvgIpc) is 3.25. The van der Waals surface area contributed by atoms with Crippen LogP contribution < -0.4 is 0 Å². The van der Waals surface area contributed by atoms with E-state index in [2.05, 4.69) is 48.5 Å². The molecule has 0 aromatic heterocycles. The third-order valence-electron chi connectivity index (χ3n) is 15.5. The van der Waals surface area contributed by atoms with Gasteiger partial charge in [0, 0.05) is 17.6 Å². The van der Waals surface area contributed by atoms with Gasteiger partial charge in [-0.2, -0.15) is 0 Å². The molecule has 4 unspecified atom stereocenters. The number of ether oxygens (including phenoxy) is 3. The Hall–Kier alpha value is -2.52. The number of esters is 2. The third kappa shape index (κ3) is 6.36. The molecule has 5 fully saturated rings. The second-order valence-corrected chi connectivity index (χ2v) is 19.8. The van der Waals surface area contributed by atoms with Crippen LogP contribution >= 0.6 is 0 Å². The van der Waals surface area contributed by atoms with Crippen molar-refractivity contribution >= 4 is 18.0 Å². The van der Waals surface area contributed by atoms with Crippen molar-refractivity contribution in [2.75, 3.05) is 0 Å². The lowest BCUT2D eigenvalue weighted by atomic mass is 9.35. The van der Waals surface area contributed by atoms with Gasteiger partial charge in [0.2, 0.25) is 0 Å². The maximum absolute atomic E-state index is 13.8. The Morgan fingerprint density at radius 3 is 2.17 bits per heavy atom. The number of carbonyl (C=O) groups is 2. The molecule has 6 rings (SSSR count). The summed E-state index contributed by atoms with van der Waals surface area (Å²) in [5.74, 6) is -0.941. The smallest absolute Gasteiger partial charge is 0.333 e. The van der Waals surface area contributed by atoms with Crippen LogP contribution in [0, 0.1) is 50.7 Å². The summed E-state index contributed by atoms with van der Waals surface area (Å²) in [6.45, 7) is 20.9. The van der Waals surface area contributed by atoms with Gasteiger partial charge in [-0.3, -0.25) is 0 Å². The Kier molecular flexibility index (Phi) is 10.5. The first-order chi connectivity index (χ1) is 24.7. The molecule has 0 amide bonds. The molecule has 8 nitrogen and oxygen atoms in total. The van der Waals surface area contributed by atoms with Crippen LogP contribution in [-0.2, 0) is 23.8 Å². The van der Waals surface area contributed by atoms with Crippen LogP contribution in [0.25, 0.3) is 6.08 Å². The fourth-order valence-electron chi connectivity index (χ4n) is 13.0. The predicted octanol–water partition coefficient (Wildman–Crippen LogP) is 8.03. The highest BCUT2D eigenvalue weighted by molar-refractivity contribution is 5.88. The van der Waals surface area contributed by atoms with E-state index in [1.807, 2.05) is 30.3 Å². The van der Waals surface area contributed by atoms with Crippen LogP contribution in [-0.4, -0.2) is 63.6 Å². The SMILES string of the molecule is C/C=C(/C)C(=O)O[C@H](C)[C@H](OC(=O)/C=C\c1ccccc1)[C@@]12C(CC(C)(C)C)[C@]3(CCC4[C@@]5(C)CC[C@H](O)C(C)(C)C5CC[C@@]4(C)C3C[C@H]1O)O[C@@H]2O. The molecule has 13 atom stereocenters. The second-order valence-electron chi connectivity index (χ2n) is 19.8. The molecule has 53 heavy (non-hydrogen) atoms. The molecule has 4 aliphatic carbocycles. The van der Waals surface area contributed by atoms with Crippen LogP contribution in [0.2, 0.25) is 0 Å². The van der Waals surface area contributed by atoms with Gasteiger partial charge in [0.25, 0.3) is 0 Å². The molecule has 294 valence electrons. The molecule has 1 spiro atoms. The average molecular weight is 735 g/mol. The van der Waals surface area contributed by atoms with Crippen molar-refractivity contribution in [3.63, 3.8) is 0 Å². The number of hydrogen-bond donors (Lipinski definition) is 3. The Balaban J connectivity index is 1.45. The first-order valence-corrected chi connectivity index (χ1v) is 20.2. The lowest BCUT2D eigenvalue weighted by Crippen LogP contribution is -2.71. The van der Waals surface area contributed by atoms with Crippen LogP contribution in [0.15, 0.2) is 48.1 Å². The van der Waals surface area contributed by atoms with E-state index in [1.54, 1.807) is 32.9 Å². The zero-order valence-corrected chi connectivity index (χ0v) is 33.9. The molecule has 1 heterocycles. The minimum Gasteiger partial charge on any atom is -0.455 e. The standard InChI is InChI=1S/C45H66O8/c1-11-27(2)38(49)51-28(3)37(52-36(48)18-17-29-15-13-12-14-16-29)45-33(26-40(4,5)6)44(53-39(45)50)24-20-31-42(9)23-21-34(46)41(7,8)30(42)19-22-43(31,10)32(44)25-35(45)47/h11-18,28,30-35,37,39,46-47,50H,19-26H2,1-10H3/b18-17-,27-11-/t28-,30?,31?,32?,33?,34+,35-,37+,39+,42+,43-,44-,45-/m1/s1. The largest absolute Gasteiger partial charge is 0.455 e. The van der Waals surface area contributed by atoms with E-state index in [9.17, 15) is 24.9 Å². The van der Waals surface area contributed by atoms with Gasteiger partial charge in [0.05, 0.1) is 23.2 Å². The molecule has 5 aliphatic rings. The van der Waals surface area contributed by atoms with E-state index in [-0.39, 0.29) is 33.7 Å². The third-order valence-corrected chi connectivity index (χ3v) is 15.5. The van der Waals surface area contributed by atoms with Gasteiger partial charge in [-0.25, -0.2) is 9.59 Å². The van der Waals surface area contributed by atoms with Gasteiger partial charge in [-0.05, 0) is 123 Å². The van der Waals surface area contributed by atoms with Crippen LogP contribution in [0.3, 0.4) is 0 Å². The molecule has 1 aromatic carbocycles. The molecule has 2 bridgehead atoms. The molecule has 8 heteroatoms. The number of benzene rings is 1. The van der Waals surface area contributed by atoms with Gasteiger partial charge < -0.3 is 29.5 Å². The molecule has 0 radical (unpaired) electrons. The monoisotopic (exact) mass is 734 g/mol. The van der Waals surface area contributed by atoms with Gasteiger partial charge in [0.1, 0.15) is 6.10 Å². The molecule has 1 saturated heterocycles. The number of allylic oxidation sites excluding steroid dienone is 1. The quantitative estimate of drug-likeness (QED) is 0.181. The maximum atomic E-state index is 13.8.